The third kappa shape index (κ3) is 4.21. The molecule has 1 aromatic rings. The molecule has 1 aromatic carbocycles. The van der Waals surface area contributed by atoms with Crippen LogP contribution in [-0.2, 0) is 4.79 Å². The Morgan fingerprint density at radius 1 is 1.38 bits per heavy atom. The van der Waals surface area contributed by atoms with Crippen LogP contribution in [0.3, 0.4) is 0 Å². The summed E-state index contributed by atoms with van der Waals surface area (Å²) >= 11 is 0. The minimum atomic E-state index is -0.875. The molecule has 1 fully saturated rings. The zero-order valence-electron chi connectivity index (χ0n) is 12.5. The fraction of sp³-hybridized carbons (Fsp3) is 0.500. The van der Waals surface area contributed by atoms with Crippen molar-refractivity contribution >= 4 is 12.0 Å². The van der Waals surface area contributed by atoms with Crippen LogP contribution in [0.1, 0.15) is 43.4 Å². The van der Waals surface area contributed by atoms with Crippen LogP contribution in [0.25, 0.3) is 0 Å². The Bertz CT molecular complexity index is 526. The molecule has 114 valence electrons. The van der Waals surface area contributed by atoms with Gasteiger partial charge in [0.15, 0.2) is 0 Å². The Morgan fingerprint density at radius 2 is 2.05 bits per heavy atom. The number of benzene rings is 1. The van der Waals surface area contributed by atoms with Gasteiger partial charge in [0, 0.05) is 12.6 Å². The highest BCUT2D eigenvalue weighted by Crippen LogP contribution is 2.27. The van der Waals surface area contributed by atoms with Crippen molar-refractivity contribution < 1.29 is 14.7 Å². The average molecular weight is 290 g/mol. The van der Waals surface area contributed by atoms with E-state index in [0.29, 0.717) is 0 Å². The van der Waals surface area contributed by atoms with E-state index in [0.717, 1.165) is 24.0 Å². The molecule has 0 bridgehead atoms. The first kappa shape index (κ1) is 15.4. The van der Waals surface area contributed by atoms with E-state index in [1.807, 2.05) is 38.1 Å². The van der Waals surface area contributed by atoms with Gasteiger partial charge in [-0.3, -0.25) is 4.79 Å². The van der Waals surface area contributed by atoms with Crippen molar-refractivity contribution in [3.63, 3.8) is 0 Å². The lowest BCUT2D eigenvalue weighted by atomic mass is 10.0. The first-order valence-corrected chi connectivity index (χ1v) is 7.33. The Hall–Kier alpha value is -2.04. The van der Waals surface area contributed by atoms with Crippen molar-refractivity contribution in [2.45, 2.75) is 45.2 Å². The summed E-state index contributed by atoms with van der Waals surface area (Å²) in [7, 11) is 0. The standard InChI is InChI=1S/C16H22N2O3/c1-11-5-3-4-6-14(11)12(2)17-16(21)18(13-7-8-13)10-9-15(19)20/h3-6,12-13H,7-10H2,1-2H3,(H,17,21)(H,19,20). The van der Waals surface area contributed by atoms with E-state index in [9.17, 15) is 9.59 Å². The maximum atomic E-state index is 12.4. The van der Waals surface area contributed by atoms with E-state index in [1.165, 1.54) is 0 Å². The van der Waals surface area contributed by atoms with Crippen molar-refractivity contribution in [2.24, 2.45) is 0 Å². The van der Waals surface area contributed by atoms with Gasteiger partial charge in [0.2, 0.25) is 0 Å². The summed E-state index contributed by atoms with van der Waals surface area (Å²) in [6.45, 7) is 4.23. The number of carboxylic acid groups (broad SMARTS) is 1. The number of carboxylic acids is 1. The second-order valence-corrected chi connectivity index (χ2v) is 5.60. The number of hydrogen-bond acceptors (Lipinski definition) is 2. The van der Waals surface area contributed by atoms with Gasteiger partial charge in [-0.1, -0.05) is 24.3 Å². The third-order valence-corrected chi connectivity index (χ3v) is 3.81. The number of carbonyl (C=O) groups is 2. The number of rotatable bonds is 6. The number of nitrogens with one attached hydrogen (secondary N) is 1. The van der Waals surface area contributed by atoms with Crippen LogP contribution < -0.4 is 5.32 Å². The van der Waals surface area contributed by atoms with Crippen LogP contribution in [0.5, 0.6) is 0 Å². The van der Waals surface area contributed by atoms with Crippen molar-refractivity contribution in [1.82, 2.24) is 10.2 Å². The highest BCUT2D eigenvalue weighted by Gasteiger charge is 2.33. The van der Waals surface area contributed by atoms with Crippen LogP contribution in [-0.4, -0.2) is 34.6 Å². The van der Waals surface area contributed by atoms with Gasteiger partial charge in [0.25, 0.3) is 0 Å². The Morgan fingerprint density at radius 3 is 2.62 bits per heavy atom. The molecular weight excluding hydrogens is 268 g/mol. The SMILES string of the molecule is Cc1ccccc1C(C)NC(=O)N(CCC(=O)O)C1CC1. The topological polar surface area (TPSA) is 69.6 Å². The minimum Gasteiger partial charge on any atom is -0.481 e. The van der Waals surface area contributed by atoms with Gasteiger partial charge in [-0.2, -0.15) is 0 Å². The number of hydrogen-bond donors (Lipinski definition) is 2. The highest BCUT2D eigenvalue weighted by atomic mass is 16.4. The normalized spacial score (nSPS) is 15.3. The predicted molar refractivity (Wildman–Crippen MR) is 80.1 cm³/mol. The van der Waals surface area contributed by atoms with Crippen molar-refractivity contribution in [1.29, 1.82) is 0 Å². The van der Waals surface area contributed by atoms with Gasteiger partial charge in [-0.05, 0) is 37.8 Å². The molecule has 21 heavy (non-hydrogen) atoms. The molecule has 0 radical (unpaired) electrons. The van der Waals surface area contributed by atoms with E-state index in [4.69, 9.17) is 5.11 Å². The molecule has 0 heterocycles. The summed E-state index contributed by atoms with van der Waals surface area (Å²) in [5.74, 6) is -0.875. The second kappa shape index (κ2) is 6.61. The quantitative estimate of drug-likeness (QED) is 0.846. The zero-order chi connectivity index (χ0) is 15.4. The molecule has 1 aliphatic carbocycles. The molecule has 0 aliphatic heterocycles. The van der Waals surface area contributed by atoms with E-state index in [1.54, 1.807) is 4.90 Å². The molecule has 0 saturated heterocycles. The lowest BCUT2D eigenvalue weighted by Gasteiger charge is -2.25. The molecule has 5 nitrogen and oxygen atoms in total. The van der Waals surface area contributed by atoms with Crippen molar-refractivity contribution in [3.8, 4) is 0 Å². The largest absolute Gasteiger partial charge is 0.481 e. The van der Waals surface area contributed by atoms with E-state index in [-0.39, 0.29) is 31.1 Å². The summed E-state index contributed by atoms with van der Waals surface area (Å²) in [5, 5.41) is 11.8. The predicted octanol–water partition coefficient (Wildman–Crippen LogP) is 2.70. The van der Waals surface area contributed by atoms with Gasteiger partial charge in [-0.25, -0.2) is 4.79 Å². The fourth-order valence-electron chi connectivity index (χ4n) is 2.47. The molecule has 1 aliphatic rings. The molecule has 5 heteroatoms. The van der Waals surface area contributed by atoms with Gasteiger partial charge in [0.05, 0.1) is 12.5 Å². The van der Waals surface area contributed by atoms with Crippen molar-refractivity contribution in [2.75, 3.05) is 6.54 Å². The number of aryl methyl sites for hydroxylation is 1. The highest BCUT2D eigenvalue weighted by molar-refractivity contribution is 5.76. The maximum Gasteiger partial charge on any atom is 0.318 e. The fourth-order valence-corrected chi connectivity index (χ4v) is 2.47. The van der Waals surface area contributed by atoms with Crippen LogP contribution in [0.4, 0.5) is 4.79 Å². The summed E-state index contributed by atoms with van der Waals surface area (Å²) < 4.78 is 0. The number of nitrogens with zero attached hydrogens (tertiary/aromatic N) is 1. The van der Waals surface area contributed by atoms with Crippen molar-refractivity contribution in [3.05, 3.63) is 35.4 Å². The molecule has 2 amide bonds. The molecule has 0 aromatic heterocycles. The lowest BCUT2D eigenvalue weighted by molar-refractivity contribution is -0.137. The molecule has 0 spiro atoms. The summed E-state index contributed by atoms with van der Waals surface area (Å²) in [6, 6.07) is 7.87. The van der Waals surface area contributed by atoms with Crippen LogP contribution in [0.2, 0.25) is 0 Å². The number of amides is 2. The van der Waals surface area contributed by atoms with E-state index < -0.39 is 5.97 Å². The Labute approximate surface area is 125 Å². The number of urea groups is 1. The molecule has 1 atom stereocenters. The Kier molecular flexibility index (Phi) is 4.83. The van der Waals surface area contributed by atoms with Gasteiger partial charge >= 0.3 is 12.0 Å². The maximum absolute atomic E-state index is 12.4. The summed E-state index contributed by atoms with van der Waals surface area (Å²) in [6.07, 6.45) is 1.92. The smallest absolute Gasteiger partial charge is 0.318 e. The van der Waals surface area contributed by atoms with Crippen LogP contribution >= 0.6 is 0 Å². The summed E-state index contributed by atoms with van der Waals surface area (Å²) in [5.41, 5.74) is 2.22. The average Bonchev–Trinajstić information content (AvgIpc) is 3.23. The minimum absolute atomic E-state index is 0.0112. The monoisotopic (exact) mass is 290 g/mol. The molecule has 1 unspecified atom stereocenters. The molecule has 2 rings (SSSR count). The van der Waals surface area contributed by atoms with Gasteiger partial charge in [0.1, 0.15) is 0 Å². The number of carbonyl (C=O) groups excluding carboxylic acids is 1. The first-order valence-electron chi connectivity index (χ1n) is 7.33. The van der Waals surface area contributed by atoms with Crippen LogP contribution in [0, 0.1) is 6.92 Å². The molecule has 2 N–H and O–H groups in total. The third-order valence-electron chi connectivity index (χ3n) is 3.81. The van der Waals surface area contributed by atoms with E-state index >= 15 is 0 Å². The van der Waals surface area contributed by atoms with Crippen LogP contribution in [0.15, 0.2) is 24.3 Å². The Balaban J connectivity index is 1.98. The first-order chi connectivity index (χ1) is 9.99. The molecular formula is C16H22N2O3. The molecule has 1 saturated carbocycles. The zero-order valence-corrected chi connectivity index (χ0v) is 12.5. The van der Waals surface area contributed by atoms with E-state index in [2.05, 4.69) is 5.32 Å². The van der Waals surface area contributed by atoms with Gasteiger partial charge < -0.3 is 15.3 Å². The second-order valence-electron chi connectivity index (χ2n) is 5.60. The number of aliphatic carboxylic acids is 1. The summed E-state index contributed by atoms with van der Waals surface area (Å²) in [4.78, 5) is 24.7. The lowest BCUT2D eigenvalue weighted by Crippen LogP contribution is -2.43. The van der Waals surface area contributed by atoms with Gasteiger partial charge in [-0.15, -0.1) is 0 Å².